The fraction of sp³-hybridized carbons (Fsp3) is 0.474. The van der Waals surface area contributed by atoms with Crippen molar-refractivity contribution in [3.05, 3.63) is 46.8 Å². The van der Waals surface area contributed by atoms with Gasteiger partial charge in [0.1, 0.15) is 9.96 Å². The number of thiophene rings is 1. The third-order valence-electron chi connectivity index (χ3n) is 4.50. The molecule has 0 unspecified atom stereocenters. The molecule has 0 saturated carbocycles. The van der Waals surface area contributed by atoms with E-state index < -0.39 is 10.0 Å². The molecule has 1 aromatic heterocycles. The van der Waals surface area contributed by atoms with E-state index >= 15 is 0 Å². The summed E-state index contributed by atoms with van der Waals surface area (Å²) in [5, 5.41) is 1.80. The lowest BCUT2D eigenvalue weighted by Gasteiger charge is -2.33. The predicted molar refractivity (Wildman–Crippen MR) is 106 cm³/mol. The van der Waals surface area contributed by atoms with Crippen LogP contribution in [-0.2, 0) is 10.0 Å². The molecule has 5 nitrogen and oxygen atoms in total. The van der Waals surface area contributed by atoms with E-state index in [0.717, 1.165) is 31.8 Å². The quantitative estimate of drug-likeness (QED) is 0.677. The minimum atomic E-state index is -3.31. The van der Waals surface area contributed by atoms with Gasteiger partial charge < -0.3 is 9.64 Å². The van der Waals surface area contributed by atoms with Crippen molar-refractivity contribution in [1.82, 2.24) is 9.21 Å². The average Bonchev–Trinajstić information content (AvgIpc) is 3.14. The highest BCUT2D eigenvalue weighted by Gasteiger charge is 2.28. The number of aryl methyl sites for hydroxylation is 2. The van der Waals surface area contributed by atoms with Crippen molar-refractivity contribution < 1.29 is 13.2 Å². The SMILES string of the molecule is Cc1cc(C)cc(OCCCN2CCN(S(=O)(=O)c3cccs3)CC2)c1. The van der Waals surface area contributed by atoms with E-state index in [2.05, 4.69) is 36.9 Å². The van der Waals surface area contributed by atoms with Gasteiger partial charge in [0.25, 0.3) is 10.0 Å². The van der Waals surface area contributed by atoms with Crippen molar-refractivity contribution in [1.29, 1.82) is 0 Å². The number of benzene rings is 1. The number of nitrogens with zero attached hydrogens (tertiary/aromatic N) is 2. The minimum Gasteiger partial charge on any atom is -0.494 e. The number of hydrogen-bond donors (Lipinski definition) is 0. The molecule has 1 saturated heterocycles. The first-order valence-corrected chi connectivity index (χ1v) is 11.2. The molecule has 1 aliphatic rings. The Balaban J connectivity index is 1.40. The third kappa shape index (κ3) is 4.85. The molecule has 7 heteroatoms. The minimum absolute atomic E-state index is 0.438. The standard InChI is InChI=1S/C19H26N2O3S2/c1-16-13-17(2)15-18(14-16)24-11-4-6-20-7-9-21(10-8-20)26(22,23)19-5-3-12-25-19/h3,5,12-15H,4,6-11H2,1-2H3. The summed E-state index contributed by atoms with van der Waals surface area (Å²) >= 11 is 1.28. The van der Waals surface area contributed by atoms with Gasteiger partial charge in [0, 0.05) is 32.7 Å². The predicted octanol–water partition coefficient (Wildman–Crippen LogP) is 3.14. The molecule has 1 aromatic carbocycles. The Morgan fingerprint density at radius 3 is 2.38 bits per heavy atom. The van der Waals surface area contributed by atoms with E-state index in [9.17, 15) is 8.42 Å². The maximum absolute atomic E-state index is 12.5. The zero-order chi connectivity index (χ0) is 18.6. The zero-order valence-electron chi connectivity index (χ0n) is 15.3. The Morgan fingerprint density at radius 1 is 1.08 bits per heavy atom. The lowest BCUT2D eigenvalue weighted by atomic mass is 10.1. The largest absolute Gasteiger partial charge is 0.494 e. The second-order valence-electron chi connectivity index (χ2n) is 6.70. The number of sulfonamides is 1. The van der Waals surface area contributed by atoms with Gasteiger partial charge in [-0.2, -0.15) is 4.31 Å². The molecule has 0 bridgehead atoms. The zero-order valence-corrected chi connectivity index (χ0v) is 17.0. The van der Waals surface area contributed by atoms with Crippen LogP contribution in [0.3, 0.4) is 0 Å². The van der Waals surface area contributed by atoms with Crippen molar-refractivity contribution >= 4 is 21.4 Å². The average molecular weight is 395 g/mol. The second kappa shape index (κ2) is 8.52. The van der Waals surface area contributed by atoms with E-state index in [1.165, 1.54) is 22.5 Å². The van der Waals surface area contributed by atoms with Gasteiger partial charge in [-0.05, 0) is 55.0 Å². The van der Waals surface area contributed by atoms with Gasteiger partial charge in [-0.1, -0.05) is 12.1 Å². The van der Waals surface area contributed by atoms with Crippen LogP contribution >= 0.6 is 11.3 Å². The molecule has 2 heterocycles. The molecule has 1 fully saturated rings. The van der Waals surface area contributed by atoms with Gasteiger partial charge in [-0.25, -0.2) is 8.42 Å². The van der Waals surface area contributed by atoms with Crippen LogP contribution in [0.4, 0.5) is 0 Å². The van der Waals surface area contributed by atoms with E-state index in [1.54, 1.807) is 21.8 Å². The van der Waals surface area contributed by atoms with Crippen LogP contribution in [0.15, 0.2) is 39.9 Å². The van der Waals surface area contributed by atoms with Gasteiger partial charge in [-0.3, -0.25) is 0 Å². The summed E-state index contributed by atoms with van der Waals surface area (Å²) in [4.78, 5) is 2.31. The van der Waals surface area contributed by atoms with Gasteiger partial charge in [0.15, 0.2) is 0 Å². The first-order valence-electron chi connectivity index (χ1n) is 8.92. The van der Waals surface area contributed by atoms with Crippen molar-refractivity contribution in [3.63, 3.8) is 0 Å². The summed E-state index contributed by atoms with van der Waals surface area (Å²) in [5.74, 6) is 0.925. The molecular weight excluding hydrogens is 368 g/mol. The van der Waals surface area contributed by atoms with Crippen LogP contribution in [0.25, 0.3) is 0 Å². The molecule has 0 spiro atoms. The number of ether oxygens (including phenoxy) is 1. The Morgan fingerprint density at radius 2 is 1.77 bits per heavy atom. The molecule has 2 aromatic rings. The Labute approximate surface area is 160 Å². The summed E-state index contributed by atoms with van der Waals surface area (Å²) in [6, 6.07) is 9.71. The smallest absolute Gasteiger partial charge is 0.252 e. The van der Waals surface area contributed by atoms with E-state index in [0.29, 0.717) is 23.9 Å². The Kier molecular flexibility index (Phi) is 6.34. The van der Waals surface area contributed by atoms with Crippen molar-refractivity contribution in [2.24, 2.45) is 0 Å². The molecule has 142 valence electrons. The van der Waals surface area contributed by atoms with Crippen LogP contribution < -0.4 is 4.74 Å². The van der Waals surface area contributed by atoms with E-state index in [1.807, 2.05) is 0 Å². The molecule has 0 atom stereocenters. The van der Waals surface area contributed by atoms with Gasteiger partial charge in [0.05, 0.1) is 6.61 Å². The fourth-order valence-corrected chi connectivity index (χ4v) is 5.79. The molecule has 1 aliphatic heterocycles. The molecular formula is C19H26N2O3S2. The van der Waals surface area contributed by atoms with Crippen molar-refractivity contribution in [3.8, 4) is 5.75 Å². The van der Waals surface area contributed by atoms with Gasteiger partial charge >= 0.3 is 0 Å². The van der Waals surface area contributed by atoms with Gasteiger partial charge in [0.2, 0.25) is 0 Å². The number of rotatable bonds is 7. The first kappa shape index (κ1) is 19.4. The van der Waals surface area contributed by atoms with Crippen LogP contribution in [0, 0.1) is 13.8 Å². The van der Waals surface area contributed by atoms with Crippen molar-refractivity contribution in [2.45, 2.75) is 24.5 Å². The summed E-state index contributed by atoms with van der Waals surface area (Å²) in [6.45, 7) is 8.40. The monoisotopic (exact) mass is 394 g/mol. The summed E-state index contributed by atoms with van der Waals surface area (Å²) in [7, 11) is -3.31. The topological polar surface area (TPSA) is 49.9 Å². The Hall–Kier alpha value is -1.41. The molecule has 0 amide bonds. The maximum atomic E-state index is 12.5. The normalized spacial score (nSPS) is 16.7. The highest BCUT2D eigenvalue weighted by Crippen LogP contribution is 2.22. The number of hydrogen-bond acceptors (Lipinski definition) is 5. The van der Waals surface area contributed by atoms with E-state index in [4.69, 9.17) is 4.74 Å². The summed E-state index contributed by atoms with van der Waals surface area (Å²) < 4.78 is 32.9. The highest BCUT2D eigenvalue weighted by atomic mass is 32.2. The maximum Gasteiger partial charge on any atom is 0.252 e. The molecule has 3 rings (SSSR count). The molecule has 26 heavy (non-hydrogen) atoms. The van der Waals surface area contributed by atoms with Crippen LogP contribution in [-0.4, -0.2) is 57.0 Å². The molecule has 0 radical (unpaired) electrons. The van der Waals surface area contributed by atoms with Crippen LogP contribution in [0.1, 0.15) is 17.5 Å². The first-order chi connectivity index (χ1) is 12.4. The molecule has 0 N–H and O–H groups in total. The third-order valence-corrected chi connectivity index (χ3v) is 7.77. The Bertz CT molecular complexity index is 791. The summed E-state index contributed by atoms with van der Waals surface area (Å²) in [5.41, 5.74) is 2.42. The number of piperazine rings is 1. The lowest BCUT2D eigenvalue weighted by molar-refractivity contribution is 0.175. The highest BCUT2D eigenvalue weighted by molar-refractivity contribution is 7.91. The van der Waals surface area contributed by atoms with E-state index in [-0.39, 0.29) is 0 Å². The summed E-state index contributed by atoms with van der Waals surface area (Å²) in [6.07, 6.45) is 0.935. The van der Waals surface area contributed by atoms with Crippen molar-refractivity contribution in [2.75, 3.05) is 39.3 Å². The second-order valence-corrected chi connectivity index (χ2v) is 9.82. The van der Waals surface area contributed by atoms with Crippen LogP contribution in [0.2, 0.25) is 0 Å². The molecule has 0 aliphatic carbocycles. The lowest BCUT2D eigenvalue weighted by Crippen LogP contribution is -2.48. The van der Waals surface area contributed by atoms with Crippen LogP contribution in [0.5, 0.6) is 5.75 Å². The van der Waals surface area contributed by atoms with Gasteiger partial charge in [-0.15, -0.1) is 11.3 Å². The fourth-order valence-electron chi connectivity index (χ4n) is 3.23.